The van der Waals surface area contributed by atoms with E-state index in [1.807, 2.05) is 16.3 Å². The number of hydrogen-bond acceptors (Lipinski definition) is 5. The number of piperidine rings is 1. The van der Waals surface area contributed by atoms with Crippen molar-refractivity contribution < 1.29 is 19.1 Å². The molecule has 2 aromatic rings. The Morgan fingerprint density at radius 3 is 2.62 bits per heavy atom. The second-order valence-corrected chi connectivity index (χ2v) is 8.95. The number of anilines is 1. The van der Waals surface area contributed by atoms with Crippen molar-refractivity contribution in [2.24, 2.45) is 11.8 Å². The van der Waals surface area contributed by atoms with E-state index in [9.17, 15) is 14.4 Å². The minimum Gasteiger partial charge on any atom is -0.482 e. The first-order valence-electron chi connectivity index (χ1n) is 9.85. The predicted molar refractivity (Wildman–Crippen MR) is 112 cm³/mol. The number of fused-ring (bicyclic) bond motifs is 1. The Bertz CT molecular complexity index is 930. The number of thiophene rings is 1. The van der Waals surface area contributed by atoms with Gasteiger partial charge in [0, 0.05) is 18.7 Å². The van der Waals surface area contributed by atoms with Crippen LogP contribution in [0.3, 0.4) is 0 Å². The Labute approximate surface area is 174 Å². The second kappa shape index (κ2) is 7.99. The first-order valence-corrected chi connectivity index (χ1v) is 10.7. The summed E-state index contributed by atoms with van der Waals surface area (Å²) in [6.07, 6.45) is 1.11. The lowest BCUT2D eigenvalue weighted by molar-refractivity contribution is -0.134. The van der Waals surface area contributed by atoms with Gasteiger partial charge in [-0.25, -0.2) is 0 Å². The Balaban J connectivity index is 1.58. The summed E-state index contributed by atoms with van der Waals surface area (Å²) < 4.78 is 5.53. The van der Waals surface area contributed by atoms with Crippen molar-refractivity contribution in [2.45, 2.75) is 20.3 Å². The molecule has 3 heterocycles. The van der Waals surface area contributed by atoms with Crippen LogP contribution in [0.15, 0.2) is 35.7 Å². The van der Waals surface area contributed by atoms with Crippen LogP contribution >= 0.6 is 11.3 Å². The first-order chi connectivity index (χ1) is 13.9. The average molecular weight is 413 g/mol. The van der Waals surface area contributed by atoms with E-state index in [4.69, 9.17) is 4.74 Å². The highest BCUT2D eigenvalue weighted by molar-refractivity contribution is 7.12. The van der Waals surface area contributed by atoms with Crippen molar-refractivity contribution in [1.29, 1.82) is 0 Å². The molecule has 7 heteroatoms. The Morgan fingerprint density at radius 2 is 1.93 bits per heavy atom. The van der Waals surface area contributed by atoms with Crippen LogP contribution in [0.4, 0.5) is 5.69 Å². The summed E-state index contributed by atoms with van der Waals surface area (Å²) in [5.41, 5.74) is 0.956. The van der Waals surface area contributed by atoms with Crippen molar-refractivity contribution in [3.63, 3.8) is 0 Å². The van der Waals surface area contributed by atoms with Gasteiger partial charge in [-0.15, -0.1) is 11.3 Å². The molecule has 152 valence electrons. The molecule has 0 radical (unpaired) electrons. The summed E-state index contributed by atoms with van der Waals surface area (Å²) >= 11 is 1.37. The van der Waals surface area contributed by atoms with Crippen LogP contribution in [0.25, 0.3) is 0 Å². The van der Waals surface area contributed by atoms with Crippen LogP contribution in [0.1, 0.15) is 35.5 Å². The predicted octanol–water partition coefficient (Wildman–Crippen LogP) is 3.21. The maximum Gasteiger partial charge on any atom is 0.265 e. The molecule has 29 heavy (non-hydrogen) atoms. The van der Waals surface area contributed by atoms with Gasteiger partial charge in [-0.3, -0.25) is 19.3 Å². The maximum atomic E-state index is 12.9. The normalized spacial score (nSPS) is 21.5. The van der Waals surface area contributed by atoms with E-state index in [0.717, 1.165) is 6.42 Å². The number of ether oxygens (including phenoxy) is 1. The van der Waals surface area contributed by atoms with Gasteiger partial charge in [-0.1, -0.05) is 19.9 Å². The third-order valence-electron chi connectivity index (χ3n) is 5.42. The van der Waals surface area contributed by atoms with Gasteiger partial charge in [0.25, 0.3) is 5.91 Å². The molecule has 1 fully saturated rings. The van der Waals surface area contributed by atoms with Gasteiger partial charge in [0.2, 0.25) is 11.7 Å². The molecule has 0 bridgehead atoms. The van der Waals surface area contributed by atoms with Crippen LogP contribution in [-0.4, -0.2) is 48.7 Å². The van der Waals surface area contributed by atoms with Gasteiger partial charge in [-0.2, -0.15) is 0 Å². The van der Waals surface area contributed by atoms with E-state index >= 15 is 0 Å². The molecule has 1 aromatic carbocycles. The third kappa shape index (κ3) is 4.05. The maximum absolute atomic E-state index is 12.9. The standard InChI is InChI=1S/C22H24N2O4S/c1-14-8-15(2)11-23(10-14)20(25)12-24-17-9-16(22(27)19-4-3-7-29-19)5-6-18(17)28-13-21(24)26/h3-7,9,14-15H,8,10-13H2,1-2H3. The average Bonchev–Trinajstić information content (AvgIpc) is 3.23. The number of carbonyl (C=O) groups is 3. The number of rotatable bonds is 4. The van der Waals surface area contributed by atoms with Gasteiger partial charge < -0.3 is 9.64 Å². The summed E-state index contributed by atoms with van der Waals surface area (Å²) in [5, 5.41) is 1.85. The van der Waals surface area contributed by atoms with E-state index < -0.39 is 0 Å². The number of nitrogens with zero attached hydrogens (tertiary/aromatic N) is 2. The molecule has 0 aliphatic carbocycles. The van der Waals surface area contributed by atoms with E-state index in [2.05, 4.69) is 13.8 Å². The zero-order chi connectivity index (χ0) is 20.5. The molecule has 0 saturated carbocycles. The number of likely N-dealkylation sites (tertiary alicyclic amines) is 1. The minimum atomic E-state index is -0.273. The number of ketones is 1. The van der Waals surface area contributed by atoms with E-state index in [0.29, 0.717) is 46.8 Å². The second-order valence-electron chi connectivity index (χ2n) is 8.00. The topological polar surface area (TPSA) is 66.9 Å². The number of benzene rings is 1. The molecular formula is C22H24N2O4S. The quantitative estimate of drug-likeness (QED) is 0.724. The van der Waals surface area contributed by atoms with Gasteiger partial charge in [0.05, 0.1) is 10.6 Å². The van der Waals surface area contributed by atoms with Crippen LogP contribution in [0, 0.1) is 11.8 Å². The van der Waals surface area contributed by atoms with Crippen molar-refractivity contribution in [2.75, 3.05) is 31.1 Å². The molecule has 0 N–H and O–H groups in total. The summed E-state index contributed by atoms with van der Waals surface area (Å²) in [4.78, 5) is 42.2. The summed E-state index contributed by atoms with van der Waals surface area (Å²) in [5.74, 6) is 0.964. The molecule has 1 aromatic heterocycles. The highest BCUT2D eigenvalue weighted by Gasteiger charge is 2.32. The zero-order valence-electron chi connectivity index (χ0n) is 16.6. The van der Waals surface area contributed by atoms with Crippen molar-refractivity contribution in [1.82, 2.24) is 4.90 Å². The van der Waals surface area contributed by atoms with Gasteiger partial charge in [-0.05, 0) is 47.9 Å². The summed E-state index contributed by atoms with van der Waals surface area (Å²) in [7, 11) is 0. The fraction of sp³-hybridized carbons (Fsp3) is 0.409. The van der Waals surface area contributed by atoms with E-state index in [1.165, 1.54) is 16.2 Å². The molecule has 4 rings (SSSR count). The largest absolute Gasteiger partial charge is 0.482 e. The molecule has 2 aliphatic rings. The molecule has 1 saturated heterocycles. The molecule has 2 unspecified atom stereocenters. The smallest absolute Gasteiger partial charge is 0.265 e. The molecule has 2 atom stereocenters. The molecule has 0 spiro atoms. The first kappa shape index (κ1) is 19.6. The Kier molecular flexibility index (Phi) is 5.41. The number of hydrogen-bond donors (Lipinski definition) is 0. The van der Waals surface area contributed by atoms with Crippen LogP contribution in [0.2, 0.25) is 0 Å². The fourth-order valence-corrected chi connectivity index (χ4v) is 4.85. The van der Waals surface area contributed by atoms with E-state index in [1.54, 1.807) is 24.3 Å². The summed E-state index contributed by atoms with van der Waals surface area (Å²) in [6, 6.07) is 8.65. The minimum absolute atomic E-state index is 0.0364. The van der Waals surface area contributed by atoms with Crippen LogP contribution in [-0.2, 0) is 9.59 Å². The highest BCUT2D eigenvalue weighted by Crippen LogP contribution is 2.34. The van der Waals surface area contributed by atoms with Crippen molar-refractivity contribution in [3.8, 4) is 5.75 Å². The Morgan fingerprint density at radius 1 is 1.17 bits per heavy atom. The fourth-order valence-electron chi connectivity index (χ4n) is 4.17. The highest BCUT2D eigenvalue weighted by atomic mass is 32.1. The third-order valence-corrected chi connectivity index (χ3v) is 6.29. The van der Waals surface area contributed by atoms with Gasteiger partial charge >= 0.3 is 0 Å². The van der Waals surface area contributed by atoms with Gasteiger partial charge in [0.1, 0.15) is 12.3 Å². The number of carbonyl (C=O) groups excluding carboxylic acids is 3. The molecular weight excluding hydrogens is 388 g/mol. The zero-order valence-corrected chi connectivity index (χ0v) is 17.4. The number of amides is 2. The SMILES string of the molecule is CC1CC(C)CN(C(=O)CN2C(=O)COc3ccc(C(=O)c4cccs4)cc32)C1. The molecule has 2 amide bonds. The lowest BCUT2D eigenvalue weighted by Gasteiger charge is -2.37. The Hall–Kier alpha value is -2.67. The van der Waals surface area contributed by atoms with Gasteiger partial charge in [0.15, 0.2) is 6.61 Å². The van der Waals surface area contributed by atoms with Crippen LogP contribution < -0.4 is 9.64 Å². The lowest BCUT2D eigenvalue weighted by Crippen LogP contribution is -2.50. The van der Waals surface area contributed by atoms with Crippen molar-refractivity contribution >= 4 is 34.6 Å². The van der Waals surface area contributed by atoms with E-state index in [-0.39, 0.29) is 30.7 Å². The molecule has 6 nitrogen and oxygen atoms in total. The molecule has 2 aliphatic heterocycles. The summed E-state index contributed by atoms with van der Waals surface area (Å²) in [6.45, 7) is 5.58. The van der Waals surface area contributed by atoms with Crippen molar-refractivity contribution in [3.05, 3.63) is 46.2 Å². The monoisotopic (exact) mass is 412 g/mol. The lowest BCUT2D eigenvalue weighted by atomic mass is 9.92. The van der Waals surface area contributed by atoms with Crippen LogP contribution in [0.5, 0.6) is 5.75 Å².